The van der Waals surface area contributed by atoms with Crippen LogP contribution in [0, 0.1) is 0 Å². The van der Waals surface area contributed by atoms with Crippen molar-refractivity contribution < 1.29 is 0 Å². The fraction of sp³-hybridized carbons (Fsp3) is 0.438. The molecule has 0 aliphatic heterocycles. The van der Waals surface area contributed by atoms with Crippen molar-refractivity contribution in [3.63, 3.8) is 0 Å². The Hall–Kier alpha value is -1.85. The van der Waals surface area contributed by atoms with Crippen LogP contribution in [0.1, 0.15) is 29.9 Å². The lowest BCUT2D eigenvalue weighted by Gasteiger charge is -2.18. The third-order valence-electron chi connectivity index (χ3n) is 3.82. The third kappa shape index (κ3) is 3.62. The molecule has 0 saturated carbocycles. The number of benzene rings is 1. The van der Waals surface area contributed by atoms with E-state index in [0.717, 1.165) is 18.5 Å². The van der Waals surface area contributed by atoms with Crippen LogP contribution < -0.4 is 16.2 Å². The highest BCUT2D eigenvalue weighted by molar-refractivity contribution is 5.46. The third-order valence-corrected chi connectivity index (χ3v) is 3.82. The maximum atomic E-state index is 5.75. The molecule has 1 aromatic carbocycles. The minimum absolute atomic E-state index is 0.0846. The smallest absolute Gasteiger partial charge is 0.0624 e. The van der Waals surface area contributed by atoms with Crippen molar-refractivity contribution >= 4 is 5.69 Å². The minimum Gasteiger partial charge on any atom is -0.378 e. The van der Waals surface area contributed by atoms with Crippen LogP contribution in [0.3, 0.4) is 0 Å². The molecule has 1 atom stereocenters. The molecule has 5 heteroatoms. The molecule has 21 heavy (non-hydrogen) atoms. The van der Waals surface area contributed by atoms with Crippen molar-refractivity contribution in [2.45, 2.75) is 25.8 Å². The van der Waals surface area contributed by atoms with Gasteiger partial charge in [0.1, 0.15) is 0 Å². The molecule has 0 aliphatic rings. The Morgan fingerprint density at radius 3 is 2.43 bits per heavy atom. The lowest BCUT2D eigenvalue weighted by atomic mass is 10.0. The molecule has 1 aromatic heterocycles. The van der Waals surface area contributed by atoms with Gasteiger partial charge in [-0.1, -0.05) is 19.1 Å². The Morgan fingerprint density at radius 2 is 1.95 bits per heavy atom. The highest BCUT2D eigenvalue weighted by Crippen LogP contribution is 2.21. The molecule has 0 amide bonds. The molecule has 1 unspecified atom stereocenters. The second kappa shape index (κ2) is 6.74. The zero-order chi connectivity index (χ0) is 15.4. The van der Waals surface area contributed by atoms with Gasteiger partial charge >= 0.3 is 0 Å². The van der Waals surface area contributed by atoms with Crippen molar-refractivity contribution in [3.05, 3.63) is 47.3 Å². The normalized spacial score (nSPS) is 12.4. The van der Waals surface area contributed by atoms with Gasteiger partial charge in [0.2, 0.25) is 0 Å². The van der Waals surface area contributed by atoms with Crippen LogP contribution in [0.2, 0.25) is 0 Å². The fourth-order valence-corrected chi connectivity index (χ4v) is 2.42. The van der Waals surface area contributed by atoms with Gasteiger partial charge in [-0.2, -0.15) is 5.10 Å². The van der Waals surface area contributed by atoms with Gasteiger partial charge in [0.25, 0.3) is 0 Å². The summed E-state index contributed by atoms with van der Waals surface area (Å²) in [5, 5.41) is 4.49. The van der Waals surface area contributed by atoms with Gasteiger partial charge < -0.3 is 4.90 Å². The molecule has 0 saturated heterocycles. The molecule has 3 N–H and O–H groups in total. The zero-order valence-electron chi connectivity index (χ0n) is 13.3. The molecule has 0 aliphatic carbocycles. The molecule has 5 nitrogen and oxygen atoms in total. The maximum absolute atomic E-state index is 5.75. The van der Waals surface area contributed by atoms with Gasteiger partial charge in [0.15, 0.2) is 0 Å². The summed E-state index contributed by atoms with van der Waals surface area (Å²) in [5.74, 6) is 5.75. The lowest BCUT2D eigenvalue weighted by Crippen LogP contribution is -2.30. The van der Waals surface area contributed by atoms with Gasteiger partial charge in [-0.15, -0.1) is 0 Å². The number of nitrogens with two attached hydrogens (primary N) is 1. The molecule has 114 valence electrons. The number of rotatable bonds is 6. The average molecular weight is 287 g/mol. The van der Waals surface area contributed by atoms with Crippen LogP contribution >= 0.6 is 0 Å². The van der Waals surface area contributed by atoms with Crippen molar-refractivity contribution in [1.29, 1.82) is 0 Å². The van der Waals surface area contributed by atoms with Crippen molar-refractivity contribution in [2.24, 2.45) is 12.9 Å². The van der Waals surface area contributed by atoms with Crippen LogP contribution in [0.5, 0.6) is 0 Å². The Balaban J connectivity index is 2.17. The number of aromatic nitrogens is 2. The van der Waals surface area contributed by atoms with Gasteiger partial charge in [-0.05, 0) is 30.2 Å². The Bertz CT molecular complexity index is 571. The molecule has 1 heterocycles. The molecule has 0 spiro atoms. The second-order valence-electron chi connectivity index (χ2n) is 5.51. The van der Waals surface area contributed by atoms with Crippen LogP contribution in [0.25, 0.3) is 0 Å². The van der Waals surface area contributed by atoms with E-state index < -0.39 is 0 Å². The van der Waals surface area contributed by atoms with Gasteiger partial charge in [0.05, 0.1) is 11.7 Å². The summed E-state index contributed by atoms with van der Waals surface area (Å²) in [6.45, 7) is 2.12. The Kier molecular flexibility index (Phi) is 4.98. The van der Waals surface area contributed by atoms with E-state index in [1.807, 2.05) is 25.8 Å². The first-order valence-corrected chi connectivity index (χ1v) is 7.30. The predicted molar refractivity (Wildman–Crippen MR) is 87.1 cm³/mol. The monoisotopic (exact) mass is 287 g/mol. The molecule has 0 radical (unpaired) electrons. The van der Waals surface area contributed by atoms with Gasteiger partial charge in [0, 0.05) is 38.9 Å². The Labute approximate surface area is 126 Å². The largest absolute Gasteiger partial charge is 0.378 e. The van der Waals surface area contributed by atoms with E-state index >= 15 is 0 Å². The maximum Gasteiger partial charge on any atom is 0.0624 e. The highest BCUT2D eigenvalue weighted by atomic mass is 15.3. The van der Waals surface area contributed by atoms with E-state index in [4.69, 9.17) is 5.84 Å². The quantitative estimate of drug-likeness (QED) is 0.628. The molecular weight excluding hydrogens is 262 g/mol. The summed E-state index contributed by atoms with van der Waals surface area (Å²) < 4.78 is 1.94. The lowest BCUT2D eigenvalue weighted by molar-refractivity contribution is 0.530. The van der Waals surface area contributed by atoms with Crippen LogP contribution in [0.4, 0.5) is 5.69 Å². The molecule has 2 rings (SSSR count). The summed E-state index contributed by atoms with van der Waals surface area (Å²) in [7, 11) is 6.06. The fourth-order valence-electron chi connectivity index (χ4n) is 2.42. The van der Waals surface area contributed by atoms with Crippen molar-refractivity contribution in [3.8, 4) is 0 Å². The van der Waals surface area contributed by atoms with Gasteiger partial charge in [-0.3, -0.25) is 16.0 Å². The summed E-state index contributed by atoms with van der Waals surface area (Å²) in [5.41, 5.74) is 7.59. The molecule has 2 aromatic rings. The summed E-state index contributed by atoms with van der Waals surface area (Å²) in [6.07, 6.45) is 1.77. The average Bonchev–Trinajstić information content (AvgIpc) is 2.85. The number of hydrogen-bond donors (Lipinski definition) is 2. The molecule has 0 fully saturated rings. The van der Waals surface area contributed by atoms with E-state index in [0.29, 0.717) is 0 Å². The van der Waals surface area contributed by atoms with E-state index in [1.165, 1.54) is 16.9 Å². The highest BCUT2D eigenvalue weighted by Gasteiger charge is 2.14. The van der Waals surface area contributed by atoms with E-state index in [-0.39, 0.29) is 6.04 Å². The minimum atomic E-state index is 0.0846. The number of nitrogens with zero attached hydrogens (tertiary/aromatic N) is 3. The van der Waals surface area contributed by atoms with Crippen LogP contribution in [-0.4, -0.2) is 23.9 Å². The molecule has 0 bridgehead atoms. The van der Waals surface area contributed by atoms with Crippen LogP contribution in [-0.2, 0) is 19.9 Å². The number of nitrogens with one attached hydrogen (secondary N) is 1. The zero-order valence-corrected chi connectivity index (χ0v) is 13.3. The number of hydrogen-bond acceptors (Lipinski definition) is 4. The standard InChI is InChI=1S/C16H25N5/c1-5-13-10-15(21(4)19-13)11-16(18-17)12-6-8-14(9-7-12)20(2)3/h6-10,16,18H,5,11,17H2,1-4H3. The van der Waals surface area contributed by atoms with E-state index in [2.05, 4.69) is 52.7 Å². The Morgan fingerprint density at radius 1 is 1.29 bits per heavy atom. The summed E-state index contributed by atoms with van der Waals surface area (Å²) in [6, 6.07) is 10.7. The first-order valence-electron chi connectivity index (χ1n) is 7.30. The number of hydrazine groups is 1. The topological polar surface area (TPSA) is 59.1 Å². The predicted octanol–water partition coefficient (Wildman–Crippen LogP) is 1.80. The SMILES string of the molecule is CCc1cc(CC(NN)c2ccc(N(C)C)cc2)n(C)n1. The summed E-state index contributed by atoms with van der Waals surface area (Å²) >= 11 is 0. The molecular formula is C16H25N5. The number of anilines is 1. The summed E-state index contributed by atoms with van der Waals surface area (Å²) in [4.78, 5) is 2.09. The van der Waals surface area contributed by atoms with Crippen molar-refractivity contribution in [2.75, 3.05) is 19.0 Å². The second-order valence-corrected chi connectivity index (χ2v) is 5.51. The van der Waals surface area contributed by atoms with Gasteiger partial charge in [-0.25, -0.2) is 0 Å². The number of aryl methyl sites for hydroxylation is 2. The first-order chi connectivity index (χ1) is 10.0. The van der Waals surface area contributed by atoms with Crippen LogP contribution in [0.15, 0.2) is 30.3 Å². The first kappa shape index (κ1) is 15.5. The van der Waals surface area contributed by atoms with E-state index in [1.54, 1.807) is 0 Å². The van der Waals surface area contributed by atoms with E-state index in [9.17, 15) is 0 Å². The van der Waals surface area contributed by atoms with Crippen molar-refractivity contribution in [1.82, 2.24) is 15.2 Å².